The number of nitrogens with one attached hydrogen (secondary N) is 1. The van der Waals surface area contributed by atoms with Gasteiger partial charge >= 0.3 is 0 Å². The van der Waals surface area contributed by atoms with Gasteiger partial charge in [-0.1, -0.05) is 0 Å². The van der Waals surface area contributed by atoms with Gasteiger partial charge in [0, 0.05) is 12.6 Å². The summed E-state index contributed by atoms with van der Waals surface area (Å²) in [6, 6.07) is 0.433. The molecule has 0 saturated carbocycles. The van der Waals surface area contributed by atoms with Crippen molar-refractivity contribution in [1.29, 1.82) is 0 Å². The Labute approximate surface area is 83.7 Å². The second kappa shape index (κ2) is 4.11. The zero-order valence-corrected chi connectivity index (χ0v) is 8.62. The molecule has 1 aromatic rings. The Morgan fingerprint density at radius 3 is 3.07 bits per heavy atom. The SMILES string of the molecule is Cc1cnc(CNC2CCOC2C)o1. The lowest BCUT2D eigenvalue weighted by Crippen LogP contribution is -2.34. The topological polar surface area (TPSA) is 47.3 Å². The van der Waals surface area contributed by atoms with E-state index in [-0.39, 0.29) is 0 Å². The summed E-state index contributed by atoms with van der Waals surface area (Å²) in [5, 5.41) is 3.38. The van der Waals surface area contributed by atoms with Crippen LogP contribution in [-0.4, -0.2) is 23.7 Å². The van der Waals surface area contributed by atoms with Gasteiger partial charge in [-0.15, -0.1) is 0 Å². The number of hydrogen-bond acceptors (Lipinski definition) is 4. The van der Waals surface area contributed by atoms with Crippen molar-refractivity contribution in [3.05, 3.63) is 17.8 Å². The average Bonchev–Trinajstić information content (AvgIpc) is 2.72. The van der Waals surface area contributed by atoms with Gasteiger partial charge in [0.05, 0.1) is 18.8 Å². The molecule has 0 aromatic carbocycles. The molecule has 78 valence electrons. The first-order valence-electron chi connectivity index (χ1n) is 5.02. The van der Waals surface area contributed by atoms with Crippen LogP contribution >= 0.6 is 0 Å². The van der Waals surface area contributed by atoms with Gasteiger partial charge in [-0.2, -0.15) is 0 Å². The van der Waals surface area contributed by atoms with Gasteiger partial charge in [-0.25, -0.2) is 4.98 Å². The molecule has 14 heavy (non-hydrogen) atoms. The van der Waals surface area contributed by atoms with Crippen LogP contribution in [0.3, 0.4) is 0 Å². The van der Waals surface area contributed by atoms with Crippen LogP contribution < -0.4 is 5.32 Å². The summed E-state index contributed by atoms with van der Waals surface area (Å²) in [4.78, 5) is 4.13. The first-order valence-corrected chi connectivity index (χ1v) is 5.02. The first kappa shape index (κ1) is 9.68. The molecule has 0 bridgehead atoms. The highest BCUT2D eigenvalue weighted by molar-refractivity contribution is 4.91. The van der Waals surface area contributed by atoms with Crippen LogP contribution in [0.5, 0.6) is 0 Å². The lowest BCUT2D eigenvalue weighted by Gasteiger charge is -2.14. The molecule has 1 aliphatic heterocycles. The summed E-state index contributed by atoms with van der Waals surface area (Å²) < 4.78 is 10.8. The van der Waals surface area contributed by atoms with Crippen molar-refractivity contribution in [2.24, 2.45) is 0 Å². The van der Waals surface area contributed by atoms with Crippen LogP contribution in [0, 0.1) is 6.92 Å². The van der Waals surface area contributed by atoms with E-state index in [0.29, 0.717) is 18.7 Å². The Morgan fingerprint density at radius 2 is 2.50 bits per heavy atom. The van der Waals surface area contributed by atoms with Gasteiger partial charge in [-0.3, -0.25) is 0 Å². The first-order chi connectivity index (χ1) is 6.75. The maximum atomic E-state index is 5.45. The van der Waals surface area contributed by atoms with Crippen molar-refractivity contribution in [1.82, 2.24) is 10.3 Å². The molecular weight excluding hydrogens is 180 g/mol. The normalized spacial score (nSPS) is 27.0. The van der Waals surface area contributed by atoms with Crippen LogP contribution in [-0.2, 0) is 11.3 Å². The molecule has 4 heteroatoms. The van der Waals surface area contributed by atoms with E-state index in [9.17, 15) is 0 Å². The predicted molar refractivity (Wildman–Crippen MR) is 51.9 cm³/mol. The molecule has 0 aliphatic carbocycles. The van der Waals surface area contributed by atoms with E-state index in [2.05, 4.69) is 17.2 Å². The minimum absolute atomic E-state index is 0.297. The zero-order chi connectivity index (χ0) is 9.97. The Balaban J connectivity index is 1.82. The smallest absolute Gasteiger partial charge is 0.208 e. The molecule has 2 heterocycles. The Morgan fingerprint density at radius 1 is 1.64 bits per heavy atom. The molecular formula is C10H16N2O2. The highest BCUT2D eigenvalue weighted by Crippen LogP contribution is 2.13. The highest BCUT2D eigenvalue weighted by Gasteiger charge is 2.23. The molecule has 2 atom stereocenters. The summed E-state index contributed by atoms with van der Waals surface area (Å²) >= 11 is 0. The third-order valence-electron chi connectivity index (χ3n) is 2.56. The van der Waals surface area contributed by atoms with E-state index in [0.717, 1.165) is 24.7 Å². The molecule has 1 N–H and O–H groups in total. The van der Waals surface area contributed by atoms with Gasteiger partial charge in [-0.05, 0) is 20.3 Å². The van der Waals surface area contributed by atoms with Gasteiger partial charge < -0.3 is 14.5 Å². The molecule has 0 amide bonds. The van der Waals surface area contributed by atoms with Crippen LogP contribution in [0.25, 0.3) is 0 Å². The number of hydrogen-bond donors (Lipinski definition) is 1. The average molecular weight is 196 g/mol. The summed E-state index contributed by atoms with van der Waals surface area (Å²) in [5.74, 6) is 1.61. The van der Waals surface area contributed by atoms with E-state index in [1.165, 1.54) is 0 Å². The van der Waals surface area contributed by atoms with Crippen molar-refractivity contribution in [3.8, 4) is 0 Å². The van der Waals surface area contributed by atoms with E-state index in [1.54, 1.807) is 6.20 Å². The number of rotatable bonds is 3. The molecule has 1 saturated heterocycles. The fourth-order valence-corrected chi connectivity index (χ4v) is 1.70. The van der Waals surface area contributed by atoms with E-state index in [4.69, 9.17) is 9.15 Å². The minimum Gasteiger partial charge on any atom is -0.445 e. The number of nitrogens with zero attached hydrogens (tertiary/aromatic N) is 1. The summed E-state index contributed by atoms with van der Waals surface area (Å²) in [5.41, 5.74) is 0. The Kier molecular flexibility index (Phi) is 2.84. The molecule has 1 fully saturated rings. The molecule has 0 spiro atoms. The zero-order valence-electron chi connectivity index (χ0n) is 8.62. The molecule has 4 nitrogen and oxygen atoms in total. The van der Waals surface area contributed by atoms with Crippen molar-refractivity contribution >= 4 is 0 Å². The summed E-state index contributed by atoms with van der Waals surface area (Å²) in [6.45, 7) is 5.53. The fourth-order valence-electron chi connectivity index (χ4n) is 1.70. The largest absolute Gasteiger partial charge is 0.445 e. The molecule has 1 aromatic heterocycles. The number of oxazole rings is 1. The minimum atomic E-state index is 0.297. The number of aromatic nitrogens is 1. The number of ether oxygens (including phenoxy) is 1. The number of aryl methyl sites for hydroxylation is 1. The summed E-state index contributed by atoms with van der Waals surface area (Å²) in [6.07, 6.45) is 3.11. The second-order valence-electron chi connectivity index (χ2n) is 3.72. The van der Waals surface area contributed by atoms with Crippen LogP contribution in [0.2, 0.25) is 0 Å². The van der Waals surface area contributed by atoms with Crippen LogP contribution in [0.4, 0.5) is 0 Å². The van der Waals surface area contributed by atoms with E-state index in [1.807, 2.05) is 6.92 Å². The predicted octanol–water partition coefficient (Wildman–Crippen LogP) is 1.25. The van der Waals surface area contributed by atoms with Crippen LogP contribution in [0.1, 0.15) is 25.0 Å². The maximum absolute atomic E-state index is 5.45. The van der Waals surface area contributed by atoms with E-state index >= 15 is 0 Å². The third-order valence-corrected chi connectivity index (χ3v) is 2.56. The van der Waals surface area contributed by atoms with Crippen molar-refractivity contribution in [2.45, 2.75) is 39.0 Å². The maximum Gasteiger partial charge on any atom is 0.208 e. The van der Waals surface area contributed by atoms with Gasteiger partial charge in [0.1, 0.15) is 5.76 Å². The molecule has 1 aliphatic rings. The lowest BCUT2D eigenvalue weighted by atomic mass is 10.1. The fraction of sp³-hybridized carbons (Fsp3) is 0.700. The molecule has 0 radical (unpaired) electrons. The highest BCUT2D eigenvalue weighted by atomic mass is 16.5. The monoisotopic (exact) mass is 196 g/mol. The lowest BCUT2D eigenvalue weighted by molar-refractivity contribution is 0.112. The van der Waals surface area contributed by atoms with Crippen LogP contribution in [0.15, 0.2) is 10.6 Å². The van der Waals surface area contributed by atoms with Gasteiger partial charge in [0.15, 0.2) is 0 Å². The quantitative estimate of drug-likeness (QED) is 0.790. The summed E-state index contributed by atoms with van der Waals surface area (Å²) in [7, 11) is 0. The Bertz CT molecular complexity index is 298. The standard InChI is InChI=1S/C10H16N2O2/c1-7-5-12-10(14-7)6-11-9-3-4-13-8(9)2/h5,8-9,11H,3-4,6H2,1-2H3. The van der Waals surface area contributed by atoms with Gasteiger partial charge in [0.2, 0.25) is 5.89 Å². The van der Waals surface area contributed by atoms with E-state index < -0.39 is 0 Å². The van der Waals surface area contributed by atoms with Crippen molar-refractivity contribution in [3.63, 3.8) is 0 Å². The van der Waals surface area contributed by atoms with Gasteiger partial charge in [0.25, 0.3) is 0 Å². The van der Waals surface area contributed by atoms with Crippen molar-refractivity contribution in [2.75, 3.05) is 6.61 Å². The molecule has 2 unspecified atom stereocenters. The van der Waals surface area contributed by atoms with Crippen molar-refractivity contribution < 1.29 is 9.15 Å². The second-order valence-corrected chi connectivity index (χ2v) is 3.72. The Hall–Kier alpha value is -0.870. The molecule has 2 rings (SSSR count). The third kappa shape index (κ3) is 2.13.